The molecule has 0 fully saturated rings. The Kier molecular flexibility index (Phi) is 3.18. The summed E-state index contributed by atoms with van der Waals surface area (Å²) in [6.45, 7) is 0. The summed E-state index contributed by atoms with van der Waals surface area (Å²) in [4.78, 5) is 4.20. The summed E-state index contributed by atoms with van der Waals surface area (Å²) in [5, 5.41) is 4.16. The zero-order valence-corrected chi connectivity index (χ0v) is 11.7. The SMILES string of the molecule is COc1cc(Cl)cc2cc(C(N)c3nccs3)oc12. The number of nitrogens with two attached hydrogens (primary N) is 1. The number of ether oxygens (including phenoxy) is 1. The van der Waals surface area contributed by atoms with Crippen LogP contribution in [0.3, 0.4) is 0 Å². The van der Waals surface area contributed by atoms with Crippen LogP contribution >= 0.6 is 22.9 Å². The van der Waals surface area contributed by atoms with Gasteiger partial charge in [-0.2, -0.15) is 0 Å². The van der Waals surface area contributed by atoms with Crippen molar-refractivity contribution in [3.63, 3.8) is 0 Å². The highest BCUT2D eigenvalue weighted by Crippen LogP contribution is 2.35. The zero-order valence-electron chi connectivity index (χ0n) is 10.1. The van der Waals surface area contributed by atoms with E-state index in [0.717, 1.165) is 10.4 Å². The molecule has 6 heteroatoms. The molecule has 0 saturated heterocycles. The highest BCUT2D eigenvalue weighted by molar-refractivity contribution is 7.09. The second-order valence-electron chi connectivity index (χ2n) is 4.02. The van der Waals surface area contributed by atoms with Crippen molar-refractivity contribution in [2.45, 2.75) is 6.04 Å². The number of benzene rings is 1. The topological polar surface area (TPSA) is 61.3 Å². The van der Waals surface area contributed by atoms with E-state index in [0.29, 0.717) is 22.1 Å². The second kappa shape index (κ2) is 4.85. The number of hydrogen-bond acceptors (Lipinski definition) is 5. The third-order valence-electron chi connectivity index (χ3n) is 2.81. The Bertz CT molecular complexity index is 709. The molecule has 0 amide bonds. The van der Waals surface area contributed by atoms with Gasteiger partial charge in [0.25, 0.3) is 0 Å². The smallest absolute Gasteiger partial charge is 0.176 e. The molecule has 19 heavy (non-hydrogen) atoms. The van der Waals surface area contributed by atoms with Gasteiger partial charge in [0.2, 0.25) is 0 Å². The van der Waals surface area contributed by atoms with E-state index in [4.69, 9.17) is 26.5 Å². The molecular weight excluding hydrogens is 284 g/mol. The third-order valence-corrected chi connectivity index (χ3v) is 3.89. The molecule has 2 aromatic heterocycles. The number of methoxy groups -OCH3 is 1. The fraction of sp³-hybridized carbons (Fsp3) is 0.154. The Hall–Kier alpha value is -1.56. The quantitative estimate of drug-likeness (QED) is 0.802. The van der Waals surface area contributed by atoms with E-state index >= 15 is 0 Å². The molecular formula is C13H11ClN2O2S. The maximum atomic E-state index is 6.13. The molecule has 0 aliphatic heterocycles. The number of halogens is 1. The van der Waals surface area contributed by atoms with Crippen molar-refractivity contribution < 1.29 is 9.15 Å². The van der Waals surface area contributed by atoms with Crippen LogP contribution in [0.15, 0.2) is 34.2 Å². The van der Waals surface area contributed by atoms with Crippen molar-refractivity contribution >= 4 is 33.9 Å². The first-order chi connectivity index (χ1) is 9.19. The molecule has 4 nitrogen and oxygen atoms in total. The Balaban J connectivity index is 2.11. The summed E-state index contributed by atoms with van der Waals surface area (Å²) in [5.74, 6) is 1.24. The fourth-order valence-electron chi connectivity index (χ4n) is 1.92. The lowest BCUT2D eigenvalue weighted by molar-refractivity contribution is 0.406. The van der Waals surface area contributed by atoms with Crippen LogP contribution in [0.5, 0.6) is 5.75 Å². The Morgan fingerprint density at radius 2 is 2.26 bits per heavy atom. The largest absolute Gasteiger partial charge is 0.493 e. The van der Waals surface area contributed by atoms with Crippen molar-refractivity contribution in [2.75, 3.05) is 7.11 Å². The molecule has 3 aromatic rings. The summed E-state index contributed by atoms with van der Waals surface area (Å²) < 4.78 is 11.0. The van der Waals surface area contributed by atoms with Crippen molar-refractivity contribution in [3.05, 3.63) is 45.6 Å². The molecule has 0 saturated carbocycles. The second-order valence-corrected chi connectivity index (χ2v) is 5.39. The number of hydrogen-bond donors (Lipinski definition) is 1. The molecule has 0 aliphatic carbocycles. The summed E-state index contributed by atoms with van der Waals surface area (Å²) >= 11 is 7.52. The third kappa shape index (κ3) is 2.20. The standard InChI is InChI=1S/C13H11ClN2O2S/c1-17-10-6-8(14)4-7-5-9(18-12(7)10)11(15)13-16-2-3-19-13/h2-6,11H,15H2,1H3. The number of thiazole rings is 1. The van der Waals surface area contributed by atoms with Gasteiger partial charge in [-0.3, -0.25) is 0 Å². The first-order valence-electron chi connectivity index (χ1n) is 5.61. The van der Waals surface area contributed by atoms with E-state index in [1.54, 1.807) is 19.4 Å². The lowest BCUT2D eigenvalue weighted by Crippen LogP contribution is -2.10. The highest BCUT2D eigenvalue weighted by Gasteiger charge is 2.18. The summed E-state index contributed by atoms with van der Waals surface area (Å²) in [5.41, 5.74) is 6.78. The van der Waals surface area contributed by atoms with Crippen LogP contribution in [0, 0.1) is 0 Å². The van der Waals surface area contributed by atoms with Crippen molar-refractivity contribution in [2.24, 2.45) is 5.73 Å². The predicted octanol–water partition coefficient (Wildman–Crippen LogP) is 3.60. The van der Waals surface area contributed by atoms with Crippen LogP contribution in [0.1, 0.15) is 16.8 Å². The number of aromatic nitrogens is 1. The van der Waals surface area contributed by atoms with Gasteiger partial charge in [-0.15, -0.1) is 11.3 Å². The molecule has 3 rings (SSSR count). The van der Waals surface area contributed by atoms with Crippen molar-refractivity contribution in [1.29, 1.82) is 0 Å². The molecule has 0 aliphatic rings. The molecule has 0 radical (unpaired) electrons. The lowest BCUT2D eigenvalue weighted by Gasteiger charge is -2.04. The van der Waals surface area contributed by atoms with E-state index in [1.165, 1.54) is 11.3 Å². The molecule has 2 heterocycles. The number of furan rings is 1. The fourth-order valence-corrected chi connectivity index (χ4v) is 2.78. The molecule has 98 valence electrons. The average molecular weight is 295 g/mol. The summed E-state index contributed by atoms with van der Waals surface area (Å²) in [7, 11) is 1.58. The van der Waals surface area contributed by atoms with E-state index in [2.05, 4.69) is 4.98 Å². The van der Waals surface area contributed by atoms with Crippen LogP contribution in [0.4, 0.5) is 0 Å². The molecule has 0 spiro atoms. The minimum atomic E-state index is -0.379. The minimum Gasteiger partial charge on any atom is -0.493 e. The molecule has 2 N–H and O–H groups in total. The number of fused-ring (bicyclic) bond motifs is 1. The normalized spacial score (nSPS) is 12.8. The van der Waals surface area contributed by atoms with E-state index in [9.17, 15) is 0 Å². The Morgan fingerprint density at radius 3 is 2.95 bits per heavy atom. The van der Waals surface area contributed by atoms with Gasteiger partial charge >= 0.3 is 0 Å². The summed E-state index contributed by atoms with van der Waals surface area (Å²) in [6.07, 6.45) is 1.72. The monoisotopic (exact) mass is 294 g/mol. The maximum absolute atomic E-state index is 6.13. The van der Waals surface area contributed by atoms with Gasteiger partial charge in [0, 0.05) is 28.1 Å². The van der Waals surface area contributed by atoms with Gasteiger partial charge in [0.15, 0.2) is 11.3 Å². The van der Waals surface area contributed by atoms with Gasteiger partial charge in [-0.05, 0) is 12.1 Å². The average Bonchev–Trinajstić information content (AvgIpc) is 3.05. The predicted molar refractivity (Wildman–Crippen MR) is 75.9 cm³/mol. The van der Waals surface area contributed by atoms with Crippen molar-refractivity contribution in [1.82, 2.24) is 4.98 Å². The van der Waals surface area contributed by atoms with Crippen LogP contribution < -0.4 is 10.5 Å². The maximum Gasteiger partial charge on any atom is 0.176 e. The van der Waals surface area contributed by atoms with Crippen LogP contribution in [-0.4, -0.2) is 12.1 Å². The Labute approximate surface area is 118 Å². The van der Waals surface area contributed by atoms with Gasteiger partial charge in [-0.25, -0.2) is 4.98 Å². The van der Waals surface area contributed by atoms with Crippen LogP contribution in [0.25, 0.3) is 11.0 Å². The van der Waals surface area contributed by atoms with Crippen molar-refractivity contribution in [3.8, 4) is 5.75 Å². The Morgan fingerprint density at radius 1 is 1.42 bits per heavy atom. The minimum absolute atomic E-state index is 0.379. The van der Waals surface area contributed by atoms with Gasteiger partial charge in [0.05, 0.1) is 7.11 Å². The van der Waals surface area contributed by atoms with Gasteiger partial charge in [0.1, 0.15) is 16.8 Å². The van der Waals surface area contributed by atoms with Crippen LogP contribution in [-0.2, 0) is 0 Å². The van der Waals surface area contributed by atoms with Crippen LogP contribution in [0.2, 0.25) is 5.02 Å². The number of rotatable bonds is 3. The first-order valence-corrected chi connectivity index (χ1v) is 6.86. The summed E-state index contributed by atoms with van der Waals surface area (Å²) in [6, 6.07) is 5.03. The van der Waals surface area contributed by atoms with Gasteiger partial charge < -0.3 is 14.9 Å². The first kappa shape index (κ1) is 12.5. The van der Waals surface area contributed by atoms with E-state index in [-0.39, 0.29) is 6.04 Å². The molecule has 1 unspecified atom stereocenters. The molecule has 0 bridgehead atoms. The van der Waals surface area contributed by atoms with E-state index in [1.807, 2.05) is 17.5 Å². The molecule has 1 aromatic carbocycles. The lowest BCUT2D eigenvalue weighted by atomic mass is 10.2. The van der Waals surface area contributed by atoms with E-state index < -0.39 is 0 Å². The number of nitrogens with zero attached hydrogens (tertiary/aromatic N) is 1. The molecule has 1 atom stereocenters. The zero-order chi connectivity index (χ0) is 13.4. The highest BCUT2D eigenvalue weighted by atomic mass is 35.5. The van der Waals surface area contributed by atoms with Gasteiger partial charge in [-0.1, -0.05) is 11.6 Å².